The maximum absolute atomic E-state index is 12.5. The lowest BCUT2D eigenvalue weighted by atomic mass is 10.0. The van der Waals surface area contributed by atoms with Gasteiger partial charge in [-0.1, -0.05) is 11.6 Å². The molecule has 1 atom stereocenters. The predicted octanol–water partition coefficient (Wildman–Crippen LogP) is 3.65. The Hall–Kier alpha value is -2.64. The van der Waals surface area contributed by atoms with Gasteiger partial charge in [-0.15, -0.1) is 11.8 Å². The minimum atomic E-state index is -0.178. The molecule has 0 saturated heterocycles. The standard InChI is InChI=1S/C20H17ClN4O2S/c1-28-20-15(3-2-4-24-20)19(26)25-10-14-8-13-7-12(9-16(21)18(13)27-14)17-11-22-5-6-23-17/h2-7,9,11,14H,8,10H2,1H3,(H,25,26). The minimum Gasteiger partial charge on any atom is -0.486 e. The fraction of sp³-hybridized carbons (Fsp3) is 0.200. The number of rotatable bonds is 5. The number of hydrogen-bond acceptors (Lipinski definition) is 6. The summed E-state index contributed by atoms with van der Waals surface area (Å²) in [5.41, 5.74) is 3.21. The highest BCUT2D eigenvalue weighted by Gasteiger charge is 2.27. The van der Waals surface area contributed by atoms with Crippen molar-refractivity contribution in [3.05, 3.63) is 65.2 Å². The van der Waals surface area contributed by atoms with Gasteiger partial charge in [0.2, 0.25) is 0 Å². The summed E-state index contributed by atoms with van der Waals surface area (Å²) < 4.78 is 5.97. The molecule has 1 amide bonds. The van der Waals surface area contributed by atoms with Crippen LogP contribution in [0, 0.1) is 0 Å². The van der Waals surface area contributed by atoms with E-state index in [4.69, 9.17) is 16.3 Å². The quantitative estimate of drug-likeness (QED) is 0.644. The SMILES string of the molecule is CSc1ncccc1C(=O)NCC1Cc2cc(-c3cnccn3)cc(Cl)c2O1. The van der Waals surface area contributed by atoms with E-state index in [1.807, 2.05) is 18.4 Å². The Balaban J connectivity index is 1.45. The summed E-state index contributed by atoms with van der Waals surface area (Å²) in [7, 11) is 0. The van der Waals surface area contributed by atoms with Gasteiger partial charge in [-0.2, -0.15) is 0 Å². The first-order valence-electron chi connectivity index (χ1n) is 8.68. The molecule has 3 heterocycles. The molecule has 1 aliphatic heterocycles. The maximum Gasteiger partial charge on any atom is 0.254 e. The first kappa shape index (κ1) is 18.7. The summed E-state index contributed by atoms with van der Waals surface area (Å²) in [6.45, 7) is 0.382. The largest absolute Gasteiger partial charge is 0.486 e. The van der Waals surface area contributed by atoms with Gasteiger partial charge < -0.3 is 10.1 Å². The Labute approximate surface area is 171 Å². The first-order chi connectivity index (χ1) is 13.7. The summed E-state index contributed by atoms with van der Waals surface area (Å²) in [6.07, 6.45) is 9.03. The molecule has 6 nitrogen and oxygen atoms in total. The molecule has 0 fully saturated rings. The van der Waals surface area contributed by atoms with Crippen LogP contribution in [0.25, 0.3) is 11.3 Å². The van der Waals surface area contributed by atoms with E-state index in [-0.39, 0.29) is 12.0 Å². The number of hydrogen-bond donors (Lipinski definition) is 1. The van der Waals surface area contributed by atoms with Crippen LogP contribution in [-0.4, -0.2) is 39.8 Å². The Morgan fingerprint density at radius 3 is 3.00 bits per heavy atom. The molecule has 1 N–H and O–H groups in total. The number of nitrogens with one attached hydrogen (secondary N) is 1. The summed E-state index contributed by atoms with van der Waals surface area (Å²) in [5.74, 6) is 0.503. The molecule has 142 valence electrons. The predicted molar refractivity (Wildman–Crippen MR) is 109 cm³/mol. The number of benzene rings is 1. The normalized spacial score (nSPS) is 15.0. The van der Waals surface area contributed by atoms with Crippen molar-refractivity contribution < 1.29 is 9.53 Å². The maximum atomic E-state index is 12.5. The van der Waals surface area contributed by atoms with E-state index in [9.17, 15) is 4.79 Å². The third-order valence-electron chi connectivity index (χ3n) is 4.41. The number of aromatic nitrogens is 3. The van der Waals surface area contributed by atoms with Crippen LogP contribution in [0.3, 0.4) is 0 Å². The van der Waals surface area contributed by atoms with Gasteiger partial charge in [-0.05, 0) is 30.5 Å². The van der Waals surface area contributed by atoms with Crippen LogP contribution in [0.15, 0.2) is 54.1 Å². The van der Waals surface area contributed by atoms with Crippen LogP contribution >= 0.6 is 23.4 Å². The lowest BCUT2D eigenvalue weighted by molar-refractivity contribution is 0.0930. The average molecular weight is 413 g/mol. The molecule has 28 heavy (non-hydrogen) atoms. The third kappa shape index (κ3) is 3.81. The molecule has 0 saturated carbocycles. The van der Waals surface area contributed by atoms with E-state index < -0.39 is 0 Å². The zero-order chi connectivity index (χ0) is 19.5. The van der Waals surface area contributed by atoms with Gasteiger partial charge in [0.1, 0.15) is 16.9 Å². The molecule has 0 bridgehead atoms. The van der Waals surface area contributed by atoms with Crippen molar-refractivity contribution in [1.82, 2.24) is 20.3 Å². The number of carbonyl (C=O) groups is 1. The van der Waals surface area contributed by atoms with Gasteiger partial charge in [0.15, 0.2) is 0 Å². The van der Waals surface area contributed by atoms with E-state index in [0.29, 0.717) is 34.3 Å². The third-order valence-corrected chi connectivity index (χ3v) is 5.40. The van der Waals surface area contributed by atoms with E-state index in [2.05, 4.69) is 20.3 Å². The van der Waals surface area contributed by atoms with E-state index in [0.717, 1.165) is 16.8 Å². The van der Waals surface area contributed by atoms with Gasteiger partial charge in [0.25, 0.3) is 5.91 Å². The Morgan fingerprint density at radius 2 is 2.21 bits per heavy atom. The second kappa shape index (κ2) is 8.16. The molecule has 2 aromatic heterocycles. The average Bonchev–Trinajstić information content (AvgIpc) is 3.16. The van der Waals surface area contributed by atoms with Crippen molar-refractivity contribution in [2.45, 2.75) is 17.6 Å². The summed E-state index contributed by atoms with van der Waals surface area (Å²) in [5, 5.41) is 4.17. The Kier molecular flexibility index (Phi) is 5.45. The highest BCUT2D eigenvalue weighted by atomic mass is 35.5. The van der Waals surface area contributed by atoms with Gasteiger partial charge in [0, 0.05) is 36.1 Å². The fourth-order valence-electron chi connectivity index (χ4n) is 3.13. The Bertz CT molecular complexity index is 1020. The second-order valence-electron chi connectivity index (χ2n) is 6.25. The highest BCUT2D eigenvalue weighted by Crippen LogP contribution is 2.39. The van der Waals surface area contributed by atoms with Gasteiger partial charge in [0.05, 0.1) is 29.0 Å². The molecule has 0 radical (unpaired) electrons. The van der Waals surface area contributed by atoms with Crippen LogP contribution < -0.4 is 10.1 Å². The number of carbonyl (C=O) groups excluding carboxylic acids is 1. The van der Waals surface area contributed by atoms with Crippen molar-refractivity contribution in [3.8, 4) is 17.0 Å². The molecule has 0 aliphatic carbocycles. The smallest absolute Gasteiger partial charge is 0.254 e. The number of thioether (sulfide) groups is 1. The highest BCUT2D eigenvalue weighted by molar-refractivity contribution is 7.98. The van der Waals surface area contributed by atoms with E-state index in [1.54, 1.807) is 36.9 Å². The van der Waals surface area contributed by atoms with Crippen LogP contribution in [0.2, 0.25) is 5.02 Å². The molecule has 1 aliphatic rings. The van der Waals surface area contributed by atoms with Crippen LogP contribution in [0.4, 0.5) is 0 Å². The number of pyridine rings is 1. The van der Waals surface area contributed by atoms with E-state index in [1.165, 1.54) is 11.8 Å². The van der Waals surface area contributed by atoms with Gasteiger partial charge in [-0.3, -0.25) is 14.8 Å². The molecule has 3 aromatic rings. The van der Waals surface area contributed by atoms with Gasteiger partial charge in [-0.25, -0.2) is 4.98 Å². The second-order valence-corrected chi connectivity index (χ2v) is 7.45. The topological polar surface area (TPSA) is 77.0 Å². The molecular weight excluding hydrogens is 396 g/mol. The van der Waals surface area contributed by atoms with Crippen molar-refractivity contribution >= 4 is 29.3 Å². The van der Waals surface area contributed by atoms with Crippen LogP contribution in [0.1, 0.15) is 15.9 Å². The summed E-state index contributed by atoms with van der Waals surface area (Å²) in [6, 6.07) is 7.36. The fourth-order valence-corrected chi connectivity index (χ4v) is 3.96. The lowest BCUT2D eigenvalue weighted by Crippen LogP contribution is -2.34. The van der Waals surface area contributed by atoms with Crippen molar-refractivity contribution in [2.75, 3.05) is 12.8 Å². The van der Waals surface area contributed by atoms with Crippen molar-refractivity contribution in [3.63, 3.8) is 0 Å². The number of nitrogens with zero attached hydrogens (tertiary/aromatic N) is 3. The molecule has 1 unspecified atom stereocenters. The zero-order valence-electron chi connectivity index (χ0n) is 15.1. The molecule has 1 aromatic carbocycles. The monoisotopic (exact) mass is 412 g/mol. The van der Waals surface area contributed by atoms with E-state index >= 15 is 0 Å². The number of amides is 1. The molecular formula is C20H17ClN4O2S. The number of ether oxygens (including phenoxy) is 1. The van der Waals surface area contributed by atoms with Crippen LogP contribution in [0.5, 0.6) is 5.75 Å². The first-order valence-corrected chi connectivity index (χ1v) is 10.3. The molecule has 0 spiro atoms. The van der Waals surface area contributed by atoms with Crippen LogP contribution in [-0.2, 0) is 6.42 Å². The lowest BCUT2D eigenvalue weighted by Gasteiger charge is -2.13. The minimum absolute atomic E-state index is 0.164. The number of fused-ring (bicyclic) bond motifs is 1. The molecule has 4 rings (SSSR count). The Morgan fingerprint density at radius 1 is 1.32 bits per heavy atom. The van der Waals surface area contributed by atoms with Crippen molar-refractivity contribution in [1.29, 1.82) is 0 Å². The summed E-state index contributed by atoms with van der Waals surface area (Å²) in [4.78, 5) is 25.1. The zero-order valence-corrected chi connectivity index (χ0v) is 16.6. The van der Waals surface area contributed by atoms with Crippen molar-refractivity contribution in [2.24, 2.45) is 0 Å². The summed E-state index contributed by atoms with van der Waals surface area (Å²) >= 11 is 7.86. The number of halogens is 1. The van der Waals surface area contributed by atoms with Gasteiger partial charge >= 0.3 is 0 Å². The molecule has 8 heteroatoms.